The molecule has 6 heteroatoms. The van der Waals surface area contributed by atoms with Crippen LogP contribution in [0, 0.1) is 0 Å². The molecule has 0 aromatic rings. The number of nitrogens with one attached hydrogen (secondary N) is 2. The Bertz CT molecular complexity index is 334. The lowest BCUT2D eigenvalue weighted by Gasteiger charge is -2.28. The minimum absolute atomic E-state index is 0.153. The van der Waals surface area contributed by atoms with Crippen molar-refractivity contribution in [1.82, 2.24) is 10.0 Å². The maximum Gasteiger partial charge on any atom is 0.211 e. The van der Waals surface area contributed by atoms with E-state index in [1.54, 1.807) is 0 Å². The van der Waals surface area contributed by atoms with Crippen molar-refractivity contribution in [1.29, 1.82) is 0 Å². The van der Waals surface area contributed by atoms with Gasteiger partial charge in [0.1, 0.15) is 0 Å². The molecule has 1 fully saturated rings. The quantitative estimate of drug-likeness (QED) is 0.639. The molecule has 0 bridgehead atoms. The standard InChI is InChI=1S/C13H28N2O2S2/c1-3-8-14-9-5-10-19(16,17)15-12-6-4-7-13(11-12)18-2/h12-15H,3-11H2,1-2H3. The zero-order chi connectivity index (χ0) is 14.1. The van der Waals surface area contributed by atoms with Crippen molar-refractivity contribution in [2.45, 2.75) is 56.7 Å². The van der Waals surface area contributed by atoms with Crippen molar-refractivity contribution in [2.24, 2.45) is 0 Å². The van der Waals surface area contributed by atoms with Crippen LogP contribution in [0.2, 0.25) is 0 Å². The average molecular weight is 309 g/mol. The predicted molar refractivity (Wildman–Crippen MR) is 84.3 cm³/mol. The first-order valence-electron chi connectivity index (χ1n) is 7.31. The molecule has 1 aliphatic rings. The number of hydrogen-bond acceptors (Lipinski definition) is 4. The molecule has 1 saturated carbocycles. The predicted octanol–water partition coefficient (Wildman–Crippen LogP) is 1.97. The van der Waals surface area contributed by atoms with Crippen LogP contribution in [0.3, 0.4) is 0 Å². The van der Waals surface area contributed by atoms with Gasteiger partial charge in [-0.05, 0) is 51.4 Å². The zero-order valence-corrected chi connectivity index (χ0v) is 13.8. The summed E-state index contributed by atoms with van der Waals surface area (Å²) in [6.45, 7) is 3.86. The maximum atomic E-state index is 12.0. The molecule has 19 heavy (non-hydrogen) atoms. The van der Waals surface area contributed by atoms with Crippen LogP contribution in [0.5, 0.6) is 0 Å². The van der Waals surface area contributed by atoms with Gasteiger partial charge < -0.3 is 5.32 Å². The monoisotopic (exact) mass is 308 g/mol. The van der Waals surface area contributed by atoms with Crippen molar-refractivity contribution in [3.05, 3.63) is 0 Å². The molecule has 2 N–H and O–H groups in total. The number of rotatable bonds is 9. The van der Waals surface area contributed by atoms with Crippen LogP contribution in [0.15, 0.2) is 0 Å². The van der Waals surface area contributed by atoms with Gasteiger partial charge in [-0.1, -0.05) is 13.3 Å². The van der Waals surface area contributed by atoms with E-state index in [1.165, 1.54) is 6.42 Å². The summed E-state index contributed by atoms with van der Waals surface area (Å²) in [7, 11) is -3.10. The first-order valence-corrected chi connectivity index (χ1v) is 10.2. The van der Waals surface area contributed by atoms with Gasteiger partial charge in [-0.25, -0.2) is 13.1 Å². The summed E-state index contributed by atoms with van der Waals surface area (Å²) in [5, 5.41) is 3.85. The molecule has 114 valence electrons. The lowest BCUT2D eigenvalue weighted by molar-refractivity contribution is 0.420. The van der Waals surface area contributed by atoms with E-state index < -0.39 is 10.0 Å². The lowest BCUT2D eigenvalue weighted by Crippen LogP contribution is -2.40. The summed E-state index contributed by atoms with van der Waals surface area (Å²) in [6, 6.07) is 0.153. The second kappa shape index (κ2) is 9.21. The fourth-order valence-corrected chi connectivity index (χ4v) is 4.66. The largest absolute Gasteiger partial charge is 0.317 e. The molecule has 1 rings (SSSR count). The van der Waals surface area contributed by atoms with Gasteiger partial charge in [-0.3, -0.25) is 0 Å². The van der Waals surface area contributed by atoms with Crippen molar-refractivity contribution in [3.8, 4) is 0 Å². The van der Waals surface area contributed by atoms with Crippen molar-refractivity contribution < 1.29 is 8.42 Å². The van der Waals surface area contributed by atoms with E-state index in [4.69, 9.17) is 0 Å². The van der Waals surface area contributed by atoms with Crippen LogP contribution in [0.4, 0.5) is 0 Å². The number of thioether (sulfide) groups is 1. The molecule has 0 aliphatic heterocycles. The Balaban J connectivity index is 2.25. The highest BCUT2D eigenvalue weighted by Crippen LogP contribution is 2.27. The molecule has 0 saturated heterocycles. The summed E-state index contributed by atoms with van der Waals surface area (Å²) in [4.78, 5) is 0. The van der Waals surface area contributed by atoms with Crippen molar-refractivity contribution >= 4 is 21.8 Å². The minimum atomic E-state index is -3.10. The Morgan fingerprint density at radius 2 is 2.05 bits per heavy atom. The van der Waals surface area contributed by atoms with E-state index in [-0.39, 0.29) is 11.8 Å². The Morgan fingerprint density at radius 3 is 2.74 bits per heavy atom. The minimum Gasteiger partial charge on any atom is -0.317 e. The third-order valence-corrected chi connectivity index (χ3v) is 6.11. The molecule has 0 aromatic heterocycles. The summed E-state index contributed by atoms with van der Waals surface area (Å²) in [6.07, 6.45) is 8.22. The molecule has 0 heterocycles. The Morgan fingerprint density at radius 1 is 1.26 bits per heavy atom. The van der Waals surface area contributed by atoms with Crippen LogP contribution in [0.1, 0.15) is 45.4 Å². The fraction of sp³-hybridized carbons (Fsp3) is 1.00. The van der Waals surface area contributed by atoms with Gasteiger partial charge in [0.25, 0.3) is 0 Å². The zero-order valence-electron chi connectivity index (χ0n) is 12.2. The average Bonchev–Trinajstić information content (AvgIpc) is 2.38. The third-order valence-electron chi connectivity index (χ3n) is 3.50. The maximum absolute atomic E-state index is 12.0. The van der Waals surface area contributed by atoms with Gasteiger partial charge in [0.2, 0.25) is 10.0 Å². The lowest BCUT2D eigenvalue weighted by atomic mass is 9.96. The molecule has 0 radical (unpaired) electrons. The summed E-state index contributed by atoms with van der Waals surface area (Å²) in [5.41, 5.74) is 0. The highest BCUT2D eigenvalue weighted by Gasteiger charge is 2.24. The van der Waals surface area contributed by atoms with Gasteiger partial charge in [-0.15, -0.1) is 0 Å². The van der Waals surface area contributed by atoms with Crippen LogP contribution in [0.25, 0.3) is 0 Å². The van der Waals surface area contributed by atoms with Gasteiger partial charge in [0, 0.05) is 11.3 Å². The molecule has 0 aromatic carbocycles. The van der Waals surface area contributed by atoms with Crippen molar-refractivity contribution in [2.75, 3.05) is 25.1 Å². The van der Waals surface area contributed by atoms with Crippen LogP contribution in [-0.4, -0.2) is 44.8 Å². The second-order valence-electron chi connectivity index (χ2n) is 5.26. The molecule has 2 atom stereocenters. The van der Waals surface area contributed by atoms with Gasteiger partial charge in [-0.2, -0.15) is 11.8 Å². The smallest absolute Gasteiger partial charge is 0.211 e. The van der Waals surface area contributed by atoms with Crippen LogP contribution < -0.4 is 10.0 Å². The second-order valence-corrected chi connectivity index (χ2v) is 8.27. The Hall–Kier alpha value is 0.220. The normalized spacial score (nSPS) is 24.5. The van der Waals surface area contributed by atoms with Crippen molar-refractivity contribution in [3.63, 3.8) is 0 Å². The molecule has 4 nitrogen and oxygen atoms in total. The van der Waals surface area contributed by atoms with E-state index in [0.717, 1.165) is 38.8 Å². The summed E-state index contributed by atoms with van der Waals surface area (Å²) < 4.78 is 26.8. The van der Waals surface area contributed by atoms with E-state index in [0.29, 0.717) is 11.7 Å². The first kappa shape index (κ1) is 17.3. The summed E-state index contributed by atoms with van der Waals surface area (Å²) in [5.74, 6) is 0.240. The topological polar surface area (TPSA) is 58.2 Å². The third kappa shape index (κ3) is 7.54. The van der Waals surface area contributed by atoms with Gasteiger partial charge in [0.05, 0.1) is 5.75 Å². The van der Waals surface area contributed by atoms with Gasteiger partial charge >= 0.3 is 0 Å². The molecular formula is C13H28N2O2S2. The van der Waals surface area contributed by atoms with Gasteiger partial charge in [0.15, 0.2) is 0 Å². The van der Waals surface area contributed by atoms with E-state index in [2.05, 4.69) is 23.2 Å². The Kier molecular flexibility index (Phi) is 8.37. The first-order chi connectivity index (χ1) is 9.07. The van der Waals surface area contributed by atoms with E-state index in [9.17, 15) is 8.42 Å². The van der Waals surface area contributed by atoms with E-state index >= 15 is 0 Å². The number of sulfonamides is 1. The molecular weight excluding hydrogens is 280 g/mol. The fourth-order valence-electron chi connectivity index (χ4n) is 2.47. The SMILES string of the molecule is CCCNCCCS(=O)(=O)NC1CCCC(SC)C1. The van der Waals surface area contributed by atoms with Crippen LogP contribution >= 0.6 is 11.8 Å². The molecule has 1 aliphatic carbocycles. The Labute approximate surface area is 122 Å². The summed E-state index contributed by atoms with van der Waals surface area (Å²) >= 11 is 1.86. The highest BCUT2D eigenvalue weighted by molar-refractivity contribution is 7.99. The molecule has 2 unspecified atom stereocenters. The number of hydrogen-bond donors (Lipinski definition) is 2. The van der Waals surface area contributed by atoms with Crippen LogP contribution in [-0.2, 0) is 10.0 Å². The highest BCUT2D eigenvalue weighted by atomic mass is 32.2. The molecule has 0 spiro atoms. The molecule has 0 amide bonds. The van der Waals surface area contributed by atoms with E-state index in [1.807, 2.05) is 11.8 Å².